The van der Waals surface area contributed by atoms with E-state index in [0.717, 1.165) is 10.6 Å². The van der Waals surface area contributed by atoms with Crippen molar-refractivity contribution in [2.75, 3.05) is 23.0 Å². The maximum atomic E-state index is 13.6. The average molecular weight is 430 g/mol. The van der Waals surface area contributed by atoms with Crippen molar-refractivity contribution in [3.8, 4) is 5.75 Å². The van der Waals surface area contributed by atoms with E-state index in [1.165, 1.54) is 24.3 Å². The van der Waals surface area contributed by atoms with Crippen LogP contribution in [-0.2, 0) is 9.59 Å². The van der Waals surface area contributed by atoms with Crippen molar-refractivity contribution >= 4 is 28.8 Å². The molecule has 162 valence electrons. The summed E-state index contributed by atoms with van der Waals surface area (Å²) in [5.74, 6) is -0.653. The van der Waals surface area contributed by atoms with Crippen LogP contribution in [0.2, 0.25) is 0 Å². The van der Waals surface area contributed by atoms with Gasteiger partial charge in [0.15, 0.2) is 0 Å². The van der Waals surface area contributed by atoms with E-state index in [0.29, 0.717) is 35.7 Å². The van der Waals surface area contributed by atoms with Gasteiger partial charge in [0.25, 0.3) is 11.8 Å². The van der Waals surface area contributed by atoms with Crippen LogP contribution in [0.3, 0.4) is 0 Å². The van der Waals surface area contributed by atoms with Gasteiger partial charge in [0, 0.05) is 12.2 Å². The van der Waals surface area contributed by atoms with Crippen molar-refractivity contribution in [1.29, 1.82) is 0 Å². The summed E-state index contributed by atoms with van der Waals surface area (Å²) in [6, 6.07) is 21.9. The topological polar surface area (TPSA) is 49.9 Å². The monoisotopic (exact) mass is 430 g/mol. The number of halogens is 1. The molecule has 0 saturated heterocycles. The molecule has 5 nitrogen and oxygen atoms in total. The van der Waals surface area contributed by atoms with Gasteiger partial charge in [-0.3, -0.25) is 9.59 Å². The van der Waals surface area contributed by atoms with Gasteiger partial charge in [-0.15, -0.1) is 0 Å². The smallest absolute Gasteiger partial charge is 0.282 e. The summed E-state index contributed by atoms with van der Waals surface area (Å²) < 4.78 is 19.0. The Morgan fingerprint density at radius 1 is 0.844 bits per heavy atom. The summed E-state index contributed by atoms with van der Waals surface area (Å²) in [5.41, 5.74) is 2.32. The van der Waals surface area contributed by atoms with E-state index < -0.39 is 17.6 Å². The van der Waals surface area contributed by atoms with Crippen LogP contribution < -0.4 is 14.5 Å². The van der Waals surface area contributed by atoms with E-state index in [9.17, 15) is 14.0 Å². The molecule has 0 unspecified atom stereocenters. The largest absolute Gasteiger partial charge is 0.494 e. The van der Waals surface area contributed by atoms with Gasteiger partial charge in [0.2, 0.25) is 0 Å². The third-order valence-electron chi connectivity index (χ3n) is 5.25. The van der Waals surface area contributed by atoms with E-state index in [1.807, 2.05) is 49.1 Å². The van der Waals surface area contributed by atoms with Crippen LogP contribution in [-0.4, -0.2) is 25.0 Å². The van der Waals surface area contributed by atoms with Crippen molar-refractivity contribution in [1.82, 2.24) is 0 Å². The SMILES string of the molecule is CCOc1ccc(C2=C(N(CC)c3ccccc3)C(=O)N(c3ccc(F)cc3)C2=O)cc1. The molecule has 1 aliphatic rings. The van der Waals surface area contributed by atoms with Gasteiger partial charge in [-0.25, -0.2) is 9.29 Å². The first-order chi connectivity index (χ1) is 15.5. The summed E-state index contributed by atoms with van der Waals surface area (Å²) in [6.07, 6.45) is 0. The molecule has 0 N–H and O–H groups in total. The summed E-state index contributed by atoms with van der Waals surface area (Å²) in [5, 5.41) is 0. The van der Waals surface area contributed by atoms with Gasteiger partial charge >= 0.3 is 0 Å². The highest BCUT2D eigenvalue weighted by atomic mass is 19.1. The Hall–Kier alpha value is -3.93. The van der Waals surface area contributed by atoms with Crippen molar-refractivity contribution in [3.63, 3.8) is 0 Å². The molecule has 6 heteroatoms. The number of ether oxygens (including phenoxy) is 1. The number of para-hydroxylation sites is 1. The van der Waals surface area contributed by atoms with Crippen LogP contribution >= 0.6 is 0 Å². The van der Waals surface area contributed by atoms with Crippen LogP contribution in [0.1, 0.15) is 19.4 Å². The van der Waals surface area contributed by atoms with Gasteiger partial charge in [-0.05, 0) is 67.9 Å². The first-order valence-corrected chi connectivity index (χ1v) is 10.5. The first-order valence-electron chi connectivity index (χ1n) is 10.5. The summed E-state index contributed by atoms with van der Waals surface area (Å²) in [7, 11) is 0. The lowest BCUT2D eigenvalue weighted by Gasteiger charge is -2.25. The second kappa shape index (κ2) is 9.06. The third-order valence-corrected chi connectivity index (χ3v) is 5.25. The Kier molecular flexibility index (Phi) is 6.03. The van der Waals surface area contributed by atoms with E-state index >= 15 is 0 Å². The Morgan fingerprint density at radius 3 is 2.09 bits per heavy atom. The zero-order valence-corrected chi connectivity index (χ0v) is 17.9. The van der Waals surface area contributed by atoms with Crippen LogP contribution in [0.25, 0.3) is 5.57 Å². The number of imide groups is 1. The minimum absolute atomic E-state index is 0.289. The molecule has 32 heavy (non-hydrogen) atoms. The number of amides is 2. The molecule has 0 atom stereocenters. The second-order valence-electron chi connectivity index (χ2n) is 7.18. The van der Waals surface area contributed by atoms with E-state index in [2.05, 4.69) is 0 Å². The van der Waals surface area contributed by atoms with Gasteiger partial charge in [0.1, 0.15) is 17.3 Å². The molecule has 4 rings (SSSR count). The Labute approximate surface area is 186 Å². The average Bonchev–Trinajstić information content (AvgIpc) is 3.07. The zero-order chi connectivity index (χ0) is 22.7. The number of benzene rings is 3. The maximum Gasteiger partial charge on any atom is 0.282 e. The summed E-state index contributed by atoms with van der Waals surface area (Å²) in [4.78, 5) is 30.1. The molecular weight excluding hydrogens is 407 g/mol. The molecule has 3 aromatic carbocycles. The predicted octanol–water partition coefficient (Wildman–Crippen LogP) is 5.04. The normalized spacial score (nSPS) is 13.7. The Balaban J connectivity index is 1.86. The molecule has 0 aliphatic carbocycles. The molecule has 2 amide bonds. The van der Waals surface area contributed by atoms with E-state index in [4.69, 9.17) is 4.74 Å². The highest BCUT2D eigenvalue weighted by Gasteiger charge is 2.42. The molecule has 0 bridgehead atoms. The van der Waals surface area contributed by atoms with E-state index in [-0.39, 0.29) is 5.70 Å². The minimum atomic E-state index is -0.449. The lowest BCUT2D eigenvalue weighted by Crippen LogP contribution is -2.35. The fraction of sp³-hybridized carbons (Fsp3) is 0.154. The quantitative estimate of drug-likeness (QED) is 0.493. The fourth-order valence-corrected chi connectivity index (χ4v) is 3.82. The van der Waals surface area contributed by atoms with Crippen LogP contribution in [0.15, 0.2) is 84.6 Å². The summed E-state index contributed by atoms with van der Waals surface area (Å²) in [6.45, 7) is 4.83. The van der Waals surface area contributed by atoms with E-state index in [1.54, 1.807) is 24.3 Å². The molecule has 0 fully saturated rings. The number of hydrogen-bond acceptors (Lipinski definition) is 4. The second-order valence-corrected chi connectivity index (χ2v) is 7.18. The number of carbonyl (C=O) groups is 2. The molecule has 3 aromatic rings. The van der Waals surface area contributed by atoms with Crippen molar-refractivity contribution in [3.05, 3.63) is 95.9 Å². The molecule has 1 heterocycles. The number of carbonyl (C=O) groups excluding carboxylic acids is 2. The highest BCUT2D eigenvalue weighted by molar-refractivity contribution is 6.46. The number of nitrogens with zero attached hydrogens (tertiary/aromatic N) is 2. The zero-order valence-electron chi connectivity index (χ0n) is 17.9. The molecule has 0 spiro atoms. The third kappa shape index (κ3) is 3.87. The van der Waals surface area contributed by atoms with Crippen molar-refractivity contribution in [2.45, 2.75) is 13.8 Å². The Morgan fingerprint density at radius 2 is 1.50 bits per heavy atom. The minimum Gasteiger partial charge on any atom is -0.494 e. The molecule has 1 aliphatic heterocycles. The van der Waals surface area contributed by atoms with Crippen LogP contribution in [0.4, 0.5) is 15.8 Å². The van der Waals surface area contributed by atoms with Crippen LogP contribution in [0, 0.1) is 5.82 Å². The lowest BCUT2D eigenvalue weighted by atomic mass is 10.0. The van der Waals surface area contributed by atoms with Gasteiger partial charge in [-0.1, -0.05) is 30.3 Å². The standard InChI is InChI=1S/C26H23FN2O3/c1-3-28(20-8-6-5-7-9-20)24-23(18-10-16-22(17-11-18)32-4-2)25(30)29(26(24)31)21-14-12-19(27)13-15-21/h5-17H,3-4H2,1-2H3. The highest BCUT2D eigenvalue weighted by Crippen LogP contribution is 2.37. The summed E-state index contributed by atoms with van der Waals surface area (Å²) >= 11 is 0. The van der Waals surface area contributed by atoms with Crippen LogP contribution in [0.5, 0.6) is 5.75 Å². The predicted molar refractivity (Wildman–Crippen MR) is 123 cm³/mol. The maximum absolute atomic E-state index is 13.6. The Bertz CT molecular complexity index is 1160. The molecule has 0 radical (unpaired) electrons. The number of anilines is 2. The number of rotatable bonds is 7. The molecular formula is C26H23FN2O3. The van der Waals surface area contributed by atoms with Gasteiger partial charge in [0.05, 0.1) is 17.9 Å². The fourth-order valence-electron chi connectivity index (χ4n) is 3.82. The lowest BCUT2D eigenvalue weighted by molar-refractivity contribution is -0.120. The van der Waals surface area contributed by atoms with Crippen molar-refractivity contribution in [2.24, 2.45) is 0 Å². The molecule has 0 aromatic heterocycles. The van der Waals surface area contributed by atoms with Crippen molar-refractivity contribution < 1.29 is 18.7 Å². The number of hydrogen-bond donors (Lipinski definition) is 0. The van der Waals surface area contributed by atoms with Gasteiger partial charge in [-0.2, -0.15) is 0 Å². The number of likely N-dealkylation sites (N-methyl/N-ethyl adjacent to an activating group) is 1. The first kappa shape index (κ1) is 21.3. The molecule has 0 saturated carbocycles. The van der Waals surface area contributed by atoms with Gasteiger partial charge < -0.3 is 9.64 Å².